The molecule has 0 rings (SSSR count). The molecule has 1 atom stereocenters. The summed E-state index contributed by atoms with van der Waals surface area (Å²) in [6.07, 6.45) is 0. The van der Waals surface area contributed by atoms with Gasteiger partial charge in [0.2, 0.25) is 0 Å². The molecule has 3 heteroatoms. The van der Waals surface area contributed by atoms with Gasteiger partial charge in [-0.3, -0.25) is 0 Å². The summed E-state index contributed by atoms with van der Waals surface area (Å²) in [4.78, 5) is 10.4. The van der Waals surface area contributed by atoms with Gasteiger partial charge in [0.1, 0.15) is 8.07 Å². The van der Waals surface area contributed by atoms with Crippen molar-refractivity contribution >= 4 is 14.5 Å². The van der Waals surface area contributed by atoms with E-state index in [1.807, 2.05) is 13.8 Å². The van der Waals surface area contributed by atoms with Crippen molar-refractivity contribution in [2.75, 3.05) is 0 Å². The van der Waals surface area contributed by atoms with Crippen molar-refractivity contribution in [3.05, 3.63) is 5.92 Å². The number of rotatable bonds is 7. The summed E-state index contributed by atoms with van der Waals surface area (Å²) < 4.78 is 5.16. The average Bonchev–Trinajstić information content (AvgIpc) is 2.19. The van der Waals surface area contributed by atoms with Crippen LogP contribution in [-0.2, 0) is 9.53 Å². The smallest absolute Gasteiger partial charge is 0.417 e. The van der Waals surface area contributed by atoms with E-state index in [4.69, 9.17) is 4.74 Å². The van der Waals surface area contributed by atoms with E-state index in [1.54, 1.807) is 6.47 Å². The summed E-state index contributed by atoms with van der Waals surface area (Å²) in [5, 5.41) is 0. The minimum absolute atomic E-state index is 0.0556. The summed E-state index contributed by atoms with van der Waals surface area (Å²) in [5.74, 6) is 1.21. The Balaban J connectivity index is 4.79. The number of hydrogen-bond donors (Lipinski definition) is 0. The predicted octanol–water partition coefficient (Wildman–Crippen LogP) is 3.10. The van der Waals surface area contributed by atoms with Crippen LogP contribution in [0.3, 0.4) is 0 Å². The first-order chi connectivity index (χ1) is 6.57. The third-order valence-electron chi connectivity index (χ3n) is 3.36. The van der Waals surface area contributed by atoms with Crippen LogP contribution in [-0.4, -0.2) is 20.3 Å². The Morgan fingerprint density at radius 1 is 1.21 bits per heavy atom. The van der Waals surface area contributed by atoms with Gasteiger partial charge in [-0.1, -0.05) is 52.8 Å². The number of hydrogen-bond acceptors (Lipinski definition) is 2. The Morgan fingerprint density at radius 2 is 1.64 bits per heavy atom. The fourth-order valence-corrected chi connectivity index (χ4v) is 6.34. The largest absolute Gasteiger partial charge is 0.457 e. The molecule has 0 aliphatic rings. The van der Waals surface area contributed by atoms with Gasteiger partial charge in [0, 0.05) is 5.92 Å². The maximum absolute atomic E-state index is 10.4. The van der Waals surface area contributed by atoms with Crippen molar-refractivity contribution < 1.29 is 9.53 Å². The molecule has 0 aromatic heterocycles. The van der Waals surface area contributed by atoms with Gasteiger partial charge in [-0.05, 0) is 0 Å². The molecule has 0 heterocycles. The SMILES string of the molecule is CC[Si](CC)(CC)C(O[C]=O)[C](C)C. The van der Waals surface area contributed by atoms with Gasteiger partial charge in [-0.2, -0.15) is 0 Å². The van der Waals surface area contributed by atoms with Crippen LogP contribution in [0.15, 0.2) is 0 Å². The van der Waals surface area contributed by atoms with Gasteiger partial charge in [0.25, 0.3) is 0 Å². The lowest BCUT2D eigenvalue weighted by atomic mass is 10.2. The Morgan fingerprint density at radius 3 is 1.86 bits per heavy atom. The predicted molar refractivity (Wildman–Crippen MR) is 62.4 cm³/mol. The molecule has 14 heavy (non-hydrogen) atoms. The molecule has 2 nitrogen and oxygen atoms in total. The lowest BCUT2D eigenvalue weighted by Gasteiger charge is -2.37. The molecule has 0 aromatic rings. The Kier molecular flexibility index (Phi) is 6.08. The number of ether oxygens (including phenoxy) is 1. The van der Waals surface area contributed by atoms with Gasteiger partial charge in [0.05, 0.1) is 5.73 Å². The molecular weight excluding hydrogens is 192 g/mol. The molecular formula is C11H22O2Si. The first-order valence-electron chi connectivity index (χ1n) is 5.40. The molecule has 2 radical (unpaired) electrons. The summed E-state index contributed by atoms with van der Waals surface area (Å²) >= 11 is 0. The maximum Gasteiger partial charge on any atom is 0.417 e. The zero-order valence-electron chi connectivity index (χ0n) is 10.0. The maximum atomic E-state index is 10.4. The van der Waals surface area contributed by atoms with Crippen molar-refractivity contribution in [3.8, 4) is 0 Å². The van der Waals surface area contributed by atoms with Gasteiger partial charge < -0.3 is 4.74 Å². The summed E-state index contributed by atoms with van der Waals surface area (Å²) in [6, 6.07) is 3.49. The van der Waals surface area contributed by atoms with E-state index < -0.39 is 8.07 Å². The van der Waals surface area contributed by atoms with Crippen LogP contribution in [0.25, 0.3) is 0 Å². The minimum atomic E-state index is -1.45. The molecule has 82 valence electrons. The first kappa shape index (κ1) is 13.7. The van der Waals surface area contributed by atoms with Crippen LogP contribution < -0.4 is 0 Å². The van der Waals surface area contributed by atoms with E-state index in [2.05, 4.69) is 20.8 Å². The Bertz CT molecular complexity index is 156. The molecule has 0 spiro atoms. The molecule has 0 N–H and O–H groups in total. The summed E-state index contributed by atoms with van der Waals surface area (Å²) in [7, 11) is -1.45. The van der Waals surface area contributed by atoms with Crippen molar-refractivity contribution in [2.24, 2.45) is 0 Å². The topological polar surface area (TPSA) is 26.3 Å². The molecule has 0 amide bonds. The lowest BCUT2D eigenvalue weighted by Crippen LogP contribution is -2.49. The molecule has 0 saturated heterocycles. The van der Waals surface area contributed by atoms with Gasteiger partial charge >= 0.3 is 6.47 Å². The second-order valence-corrected chi connectivity index (χ2v) is 9.45. The minimum Gasteiger partial charge on any atom is -0.457 e. The van der Waals surface area contributed by atoms with Gasteiger partial charge in [-0.15, -0.1) is 0 Å². The fourth-order valence-electron chi connectivity index (χ4n) is 2.21. The lowest BCUT2D eigenvalue weighted by molar-refractivity contribution is 0.244. The monoisotopic (exact) mass is 214 g/mol. The highest BCUT2D eigenvalue weighted by molar-refractivity contribution is 6.81. The highest BCUT2D eigenvalue weighted by Crippen LogP contribution is 2.31. The molecule has 0 saturated carbocycles. The second kappa shape index (κ2) is 6.22. The van der Waals surface area contributed by atoms with Crippen molar-refractivity contribution in [1.29, 1.82) is 0 Å². The third-order valence-corrected chi connectivity index (χ3v) is 9.39. The summed E-state index contributed by atoms with van der Waals surface area (Å²) in [5.41, 5.74) is 0.0556. The van der Waals surface area contributed by atoms with Crippen LogP contribution in [0.1, 0.15) is 34.6 Å². The normalized spacial score (nSPS) is 14.1. The van der Waals surface area contributed by atoms with Crippen LogP contribution >= 0.6 is 0 Å². The van der Waals surface area contributed by atoms with E-state index in [9.17, 15) is 4.79 Å². The highest BCUT2D eigenvalue weighted by atomic mass is 28.3. The zero-order valence-corrected chi connectivity index (χ0v) is 11.0. The molecule has 1 unspecified atom stereocenters. The van der Waals surface area contributed by atoms with Crippen LogP contribution in [0.4, 0.5) is 0 Å². The van der Waals surface area contributed by atoms with E-state index in [0.717, 1.165) is 18.1 Å². The Labute approximate surface area is 89.0 Å². The highest BCUT2D eigenvalue weighted by Gasteiger charge is 2.40. The van der Waals surface area contributed by atoms with E-state index in [1.165, 1.54) is 5.92 Å². The first-order valence-corrected chi connectivity index (χ1v) is 8.10. The molecule has 0 bridgehead atoms. The average molecular weight is 214 g/mol. The van der Waals surface area contributed by atoms with Crippen molar-refractivity contribution in [1.82, 2.24) is 0 Å². The van der Waals surface area contributed by atoms with Gasteiger partial charge in [-0.25, -0.2) is 4.79 Å². The number of carbonyl (C=O) groups excluding carboxylic acids is 1. The van der Waals surface area contributed by atoms with Crippen molar-refractivity contribution in [2.45, 2.75) is 58.5 Å². The van der Waals surface area contributed by atoms with Crippen LogP contribution in [0.2, 0.25) is 18.1 Å². The fraction of sp³-hybridized carbons (Fsp3) is 0.818. The van der Waals surface area contributed by atoms with E-state index >= 15 is 0 Å². The molecule has 0 fully saturated rings. The Hall–Kier alpha value is -0.313. The quantitative estimate of drug-likeness (QED) is 0.609. The third kappa shape index (κ3) is 2.84. The van der Waals surface area contributed by atoms with Crippen LogP contribution in [0, 0.1) is 5.92 Å². The van der Waals surface area contributed by atoms with E-state index in [-0.39, 0.29) is 5.73 Å². The molecule has 0 aliphatic heterocycles. The summed E-state index contributed by atoms with van der Waals surface area (Å²) in [6.45, 7) is 12.3. The molecule has 0 aromatic carbocycles. The van der Waals surface area contributed by atoms with Gasteiger partial charge in [0.15, 0.2) is 0 Å². The van der Waals surface area contributed by atoms with Crippen LogP contribution in [0.5, 0.6) is 0 Å². The van der Waals surface area contributed by atoms with E-state index in [0.29, 0.717) is 0 Å². The standard InChI is InChI=1S/C11H22O2Si/c1-6-14(7-2,8-3)11(10(4)5)13-9-12/h11H,6-8H2,1-5H3. The zero-order chi connectivity index (χ0) is 11.2. The molecule has 0 aliphatic carbocycles. The van der Waals surface area contributed by atoms with Crippen molar-refractivity contribution in [3.63, 3.8) is 0 Å². The second-order valence-electron chi connectivity index (χ2n) is 4.08.